The zero-order chi connectivity index (χ0) is 8.43. The van der Waals surface area contributed by atoms with Crippen molar-refractivity contribution in [3.05, 3.63) is 44.0 Å². The Morgan fingerprint density at radius 3 is 2.42 bits per heavy atom. The van der Waals surface area contributed by atoms with Gasteiger partial charge in [-0.3, -0.25) is 14.9 Å². The minimum Gasteiger partial charge on any atom is -0.803 e. The van der Waals surface area contributed by atoms with E-state index in [0.717, 1.165) is 12.1 Å². The van der Waals surface area contributed by atoms with Crippen molar-refractivity contribution in [1.29, 1.82) is 0 Å². The molecule has 0 aromatic carbocycles. The molecule has 0 N–H and O–H groups in total. The number of pyridine rings is 1. The molecule has 1 aromatic rings. The molecule has 0 spiro atoms. The molecular formula is C5H3N2NaO4. The first kappa shape index (κ1) is 11.2. The molecule has 58 valence electrons. The summed E-state index contributed by atoms with van der Waals surface area (Å²) in [5, 5.41) is 20.5. The van der Waals surface area contributed by atoms with E-state index in [4.69, 9.17) is 0 Å². The summed E-state index contributed by atoms with van der Waals surface area (Å²) in [5.41, 5.74) is -1.20. The van der Waals surface area contributed by atoms with Crippen LogP contribution in [0.1, 0.15) is 0 Å². The number of nitrogens with zero attached hydrogens (tertiary/aromatic N) is 2. The Labute approximate surface area is 88.8 Å². The molecule has 0 bridgehead atoms. The summed E-state index contributed by atoms with van der Waals surface area (Å²) >= 11 is 0. The van der Waals surface area contributed by atoms with Crippen LogP contribution in [0.25, 0.3) is 0 Å². The van der Waals surface area contributed by atoms with Crippen molar-refractivity contribution in [1.82, 2.24) is 4.73 Å². The van der Waals surface area contributed by atoms with Gasteiger partial charge in [0.25, 0.3) is 5.69 Å². The maximum Gasteiger partial charge on any atom is 1.00 e. The second-order valence-corrected chi connectivity index (χ2v) is 1.81. The predicted octanol–water partition coefficient (Wildman–Crippen LogP) is -2.89. The minimum absolute atomic E-state index is 0. The van der Waals surface area contributed by atoms with E-state index in [1.807, 2.05) is 0 Å². The fraction of sp³-hybridized carbons (Fsp3) is 0. The Morgan fingerprint density at radius 1 is 1.42 bits per heavy atom. The number of rotatable bonds is 1. The van der Waals surface area contributed by atoms with Crippen LogP contribution in [-0.4, -0.2) is 9.65 Å². The van der Waals surface area contributed by atoms with E-state index >= 15 is 0 Å². The van der Waals surface area contributed by atoms with E-state index < -0.39 is 10.5 Å². The van der Waals surface area contributed by atoms with E-state index in [-0.39, 0.29) is 40.0 Å². The molecule has 12 heavy (non-hydrogen) atoms. The number of aromatic nitrogens is 1. The molecule has 0 unspecified atom stereocenters. The van der Waals surface area contributed by atoms with Gasteiger partial charge in [0.1, 0.15) is 0 Å². The molecule has 6 nitrogen and oxygen atoms in total. The van der Waals surface area contributed by atoms with Gasteiger partial charge in [0.05, 0.1) is 11.1 Å². The van der Waals surface area contributed by atoms with Crippen LogP contribution >= 0.6 is 0 Å². The summed E-state index contributed by atoms with van der Waals surface area (Å²) in [6.07, 6.45) is 0.627. The van der Waals surface area contributed by atoms with Crippen LogP contribution in [0.15, 0.2) is 23.1 Å². The third-order valence-corrected chi connectivity index (χ3v) is 1.07. The molecule has 1 rings (SSSR count). The van der Waals surface area contributed by atoms with Crippen LogP contribution in [0.3, 0.4) is 0 Å². The van der Waals surface area contributed by atoms with Crippen molar-refractivity contribution in [2.45, 2.75) is 0 Å². The third-order valence-electron chi connectivity index (χ3n) is 1.07. The first-order valence-corrected chi connectivity index (χ1v) is 2.66. The summed E-state index contributed by atoms with van der Waals surface area (Å²) in [6.45, 7) is 0. The van der Waals surface area contributed by atoms with Crippen molar-refractivity contribution < 1.29 is 34.5 Å². The molecule has 0 aliphatic heterocycles. The molecular weight excluding hydrogens is 175 g/mol. The van der Waals surface area contributed by atoms with Crippen LogP contribution in [0.4, 0.5) is 5.69 Å². The van der Waals surface area contributed by atoms with Gasteiger partial charge in [-0.15, -0.1) is 0 Å². The average molecular weight is 178 g/mol. The molecule has 0 aliphatic rings. The van der Waals surface area contributed by atoms with Gasteiger partial charge in [0.2, 0.25) is 5.56 Å². The van der Waals surface area contributed by atoms with E-state index in [9.17, 15) is 20.1 Å². The van der Waals surface area contributed by atoms with Crippen LogP contribution < -0.4 is 35.1 Å². The summed E-state index contributed by atoms with van der Waals surface area (Å²) in [6, 6.07) is 1.84. The van der Waals surface area contributed by atoms with Gasteiger partial charge in [-0.1, -0.05) is 0 Å². The van der Waals surface area contributed by atoms with Crippen LogP contribution in [0, 0.1) is 15.3 Å². The molecule has 0 fully saturated rings. The Hall–Kier alpha value is -0.850. The molecule has 0 aliphatic carbocycles. The Balaban J connectivity index is 0.00000121. The van der Waals surface area contributed by atoms with Crippen molar-refractivity contribution in [2.75, 3.05) is 0 Å². The average Bonchev–Trinajstić information content (AvgIpc) is 1.94. The van der Waals surface area contributed by atoms with E-state index in [1.54, 1.807) is 0 Å². The zero-order valence-corrected chi connectivity index (χ0v) is 8.26. The number of hydrogen-bond donors (Lipinski definition) is 0. The van der Waals surface area contributed by atoms with Crippen molar-refractivity contribution >= 4 is 5.69 Å². The van der Waals surface area contributed by atoms with Gasteiger partial charge in [0.15, 0.2) is 0 Å². The second kappa shape index (κ2) is 4.24. The maximum atomic E-state index is 10.4. The Morgan fingerprint density at radius 2 is 2.00 bits per heavy atom. The monoisotopic (exact) mass is 178 g/mol. The summed E-state index contributed by atoms with van der Waals surface area (Å²) in [5.74, 6) is 0. The van der Waals surface area contributed by atoms with Crippen LogP contribution in [-0.2, 0) is 0 Å². The largest absolute Gasteiger partial charge is 1.00 e. The predicted molar refractivity (Wildman–Crippen MR) is 36.1 cm³/mol. The third kappa shape index (κ3) is 2.33. The molecule has 0 saturated heterocycles. The molecule has 7 heteroatoms. The smallest absolute Gasteiger partial charge is 0.803 e. The SMILES string of the molecule is O=c1ccc([N+](=O)[O-])cn1[O-].[Na+]. The van der Waals surface area contributed by atoms with Gasteiger partial charge in [-0.2, -0.15) is 0 Å². The van der Waals surface area contributed by atoms with Crippen LogP contribution in [0.5, 0.6) is 0 Å². The standard InChI is InChI=1S/C5H3N2O4.Na/c8-5-2-1-4(7(10)11)3-6(5)9;/h1-3H;/q-1;+1. The number of nitro groups is 1. The van der Waals surface area contributed by atoms with Gasteiger partial charge in [-0.25, -0.2) is 0 Å². The first-order chi connectivity index (χ1) is 5.11. The Kier molecular flexibility index (Phi) is 3.94. The fourth-order valence-corrected chi connectivity index (χ4v) is 0.565. The molecule has 0 radical (unpaired) electrons. The van der Waals surface area contributed by atoms with Gasteiger partial charge in [0, 0.05) is 12.1 Å². The quantitative estimate of drug-likeness (QED) is 0.262. The molecule has 0 amide bonds. The second-order valence-electron chi connectivity index (χ2n) is 1.81. The zero-order valence-electron chi connectivity index (χ0n) is 6.26. The van der Waals surface area contributed by atoms with E-state index in [1.165, 1.54) is 0 Å². The van der Waals surface area contributed by atoms with Crippen molar-refractivity contribution in [3.8, 4) is 0 Å². The fourth-order valence-electron chi connectivity index (χ4n) is 0.565. The molecule has 1 aromatic heterocycles. The van der Waals surface area contributed by atoms with Gasteiger partial charge < -0.3 is 9.94 Å². The van der Waals surface area contributed by atoms with Crippen molar-refractivity contribution in [2.24, 2.45) is 0 Å². The number of hydrogen-bond acceptors (Lipinski definition) is 4. The van der Waals surface area contributed by atoms with E-state index in [2.05, 4.69) is 0 Å². The summed E-state index contributed by atoms with van der Waals surface area (Å²) in [4.78, 5) is 19.7. The topological polar surface area (TPSA) is 88.2 Å². The van der Waals surface area contributed by atoms with E-state index in [0.29, 0.717) is 6.20 Å². The first-order valence-electron chi connectivity index (χ1n) is 2.66. The molecule has 0 atom stereocenters. The Bertz CT molecular complexity index is 348. The summed E-state index contributed by atoms with van der Waals surface area (Å²) < 4.78 is -0.0852. The summed E-state index contributed by atoms with van der Waals surface area (Å²) in [7, 11) is 0. The molecule has 1 heterocycles. The van der Waals surface area contributed by atoms with Gasteiger partial charge >= 0.3 is 29.6 Å². The van der Waals surface area contributed by atoms with Gasteiger partial charge in [-0.05, 0) is 0 Å². The molecule has 0 saturated carbocycles. The maximum absolute atomic E-state index is 10.4. The normalized spacial score (nSPS) is 8.67. The van der Waals surface area contributed by atoms with Crippen LogP contribution in [0.2, 0.25) is 0 Å². The van der Waals surface area contributed by atoms with Crippen molar-refractivity contribution in [3.63, 3.8) is 0 Å². The minimum atomic E-state index is -0.810.